The third-order valence-corrected chi connectivity index (χ3v) is 4.58. The molecule has 0 saturated carbocycles. The van der Waals surface area contributed by atoms with Gasteiger partial charge in [0, 0.05) is 5.69 Å². The predicted molar refractivity (Wildman–Crippen MR) is 81.4 cm³/mol. The van der Waals surface area contributed by atoms with E-state index in [1.165, 1.54) is 23.1 Å². The standard InChI is InChI=1S/C14H10F3N5O2S/c15-14(16,17)10-2-1-3-13(8-10)25(23,24)19-11-4-6-12(7-5-11)22-9-18-20-21-22/h1-9,19H. The van der Waals surface area contributed by atoms with Gasteiger partial charge in [0.15, 0.2) is 0 Å². The normalized spacial score (nSPS) is 12.1. The van der Waals surface area contributed by atoms with Gasteiger partial charge in [0.05, 0.1) is 16.1 Å². The molecular weight excluding hydrogens is 359 g/mol. The number of sulfonamides is 1. The molecule has 0 atom stereocenters. The fourth-order valence-corrected chi connectivity index (χ4v) is 3.12. The van der Waals surface area contributed by atoms with E-state index >= 15 is 0 Å². The Bertz CT molecular complexity index is 970. The summed E-state index contributed by atoms with van der Waals surface area (Å²) in [6, 6.07) is 9.52. The van der Waals surface area contributed by atoms with Crippen LogP contribution in [0.3, 0.4) is 0 Å². The lowest BCUT2D eigenvalue weighted by Crippen LogP contribution is -2.14. The van der Waals surface area contributed by atoms with Gasteiger partial charge < -0.3 is 0 Å². The first-order valence-electron chi connectivity index (χ1n) is 6.79. The van der Waals surface area contributed by atoms with E-state index in [9.17, 15) is 21.6 Å². The molecule has 1 N–H and O–H groups in total. The molecule has 1 heterocycles. The highest BCUT2D eigenvalue weighted by Gasteiger charge is 2.31. The van der Waals surface area contributed by atoms with E-state index < -0.39 is 26.7 Å². The van der Waals surface area contributed by atoms with Crippen LogP contribution in [0.5, 0.6) is 0 Å². The third-order valence-electron chi connectivity index (χ3n) is 3.20. The zero-order valence-corrected chi connectivity index (χ0v) is 13.2. The van der Waals surface area contributed by atoms with Crippen LogP contribution >= 0.6 is 0 Å². The van der Waals surface area contributed by atoms with Gasteiger partial charge in [0.25, 0.3) is 10.0 Å². The molecule has 0 fully saturated rings. The van der Waals surface area contributed by atoms with Crippen molar-refractivity contribution in [3.63, 3.8) is 0 Å². The lowest BCUT2D eigenvalue weighted by Gasteiger charge is -2.11. The first-order chi connectivity index (χ1) is 11.8. The number of nitrogens with zero attached hydrogens (tertiary/aromatic N) is 4. The molecule has 11 heteroatoms. The minimum absolute atomic E-state index is 0.189. The Kier molecular flexibility index (Phi) is 4.17. The zero-order chi connectivity index (χ0) is 18.1. The molecule has 0 aliphatic carbocycles. The lowest BCUT2D eigenvalue weighted by molar-refractivity contribution is -0.137. The Morgan fingerprint density at radius 3 is 2.36 bits per heavy atom. The molecule has 0 amide bonds. The van der Waals surface area contributed by atoms with Gasteiger partial charge in [-0.1, -0.05) is 6.07 Å². The van der Waals surface area contributed by atoms with Crippen LogP contribution in [0.2, 0.25) is 0 Å². The number of hydrogen-bond acceptors (Lipinski definition) is 5. The molecular formula is C14H10F3N5O2S. The minimum Gasteiger partial charge on any atom is -0.280 e. The summed E-state index contributed by atoms with van der Waals surface area (Å²) in [6.45, 7) is 0. The van der Waals surface area contributed by atoms with Crippen LogP contribution in [-0.4, -0.2) is 28.6 Å². The van der Waals surface area contributed by atoms with E-state index in [4.69, 9.17) is 0 Å². The van der Waals surface area contributed by atoms with E-state index in [0.717, 1.165) is 18.2 Å². The van der Waals surface area contributed by atoms with Gasteiger partial charge in [-0.2, -0.15) is 13.2 Å². The average Bonchev–Trinajstić information content (AvgIpc) is 3.09. The molecule has 0 saturated heterocycles. The molecule has 130 valence electrons. The number of hydrogen-bond donors (Lipinski definition) is 1. The number of nitrogens with one attached hydrogen (secondary N) is 1. The van der Waals surface area contributed by atoms with Gasteiger partial charge in [-0.05, 0) is 52.9 Å². The van der Waals surface area contributed by atoms with Gasteiger partial charge >= 0.3 is 6.18 Å². The first-order valence-corrected chi connectivity index (χ1v) is 8.27. The van der Waals surface area contributed by atoms with Crippen molar-refractivity contribution in [3.05, 3.63) is 60.4 Å². The van der Waals surface area contributed by atoms with Crippen LogP contribution in [-0.2, 0) is 16.2 Å². The summed E-state index contributed by atoms with van der Waals surface area (Å²) in [5.74, 6) is 0. The van der Waals surface area contributed by atoms with Crippen molar-refractivity contribution in [1.82, 2.24) is 20.2 Å². The molecule has 2 aromatic carbocycles. The topological polar surface area (TPSA) is 89.8 Å². The highest BCUT2D eigenvalue weighted by atomic mass is 32.2. The number of anilines is 1. The van der Waals surface area contributed by atoms with Gasteiger partial charge in [0.1, 0.15) is 6.33 Å². The van der Waals surface area contributed by atoms with Gasteiger partial charge in [-0.25, -0.2) is 13.1 Å². The molecule has 0 radical (unpaired) electrons. The SMILES string of the molecule is O=S(=O)(Nc1ccc(-n2cnnn2)cc1)c1cccc(C(F)(F)F)c1. The second-order valence-corrected chi connectivity index (χ2v) is 6.61. The first kappa shape index (κ1) is 16.9. The van der Waals surface area contributed by atoms with Crippen LogP contribution in [0.4, 0.5) is 18.9 Å². The van der Waals surface area contributed by atoms with Crippen LogP contribution in [0.1, 0.15) is 5.56 Å². The zero-order valence-electron chi connectivity index (χ0n) is 12.3. The Balaban J connectivity index is 1.84. The van der Waals surface area contributed by atoms with Crippen LogP contribution < -0.4 is 4.72 Å². The van der Waals surface area contributed by atoms with Gasteiger partial charge in [0.2, 0.25) is 0 Å². The van der Waals surface area contributed by atoms with Gasteiger partial charge in [-0.3, -0.25) is 4.72 Å². The maximum Gasteiger partial charge on any atom is 0.416 e. The summed E-state index contributed by atoms with van der Waals surface area (Å²) in [5, 5.41) is 10.6. The largest absolute Gasteiger partial charge is 0.416 e. The summed E-state index contributed by atoms with van der Waals surface area (Å²) in [6.07, 6.45) is -3.26. The second-order valence-electron chi connectivity index (χ2n) is 4.93. The van der Waals surface area contributed by atoms with Gasteiger partial charge in [-0.15, -0.1) is 5.10 Å². The fourth-order valence-electron chi connectivity index (χ4n) is 2.02. The van der Waals surface area contributed by atoms with Crippen molar-refractivity contribution in [1.29, 1.82) is 0 Å². The number of rotatable bonds is 4. The summed E-state index contributed by atoms with van der Waals surface area (Å²) in [5.41, 5.74) is -0.259. The van der Waals surface area contributed by atoms with Crippen molar-refractivity contribution < 1.29 is 21.6 Å². The van der Waals surface area contributed by atoms with E-state index in [-0.39, 0.29) is 5.69 Å². The predicted octanol–water partition coefficient (Wildman–Crippen LogP) is 2.48. The highest BCUT2D eigenvalue weighted by molar-refractivity contribution is 7.92. The summed E-state index contributed by atoms with van der Waals surface area (Å²) in [4.78, 5) is -0.480. The second kappa shape index (κ2) is 6.16. The molecule has 0 bridgehead atoms. The van der Waals surface area contributed by atoms with Crippen molar-refractivity contribution >= 4 is 15.7 Å². The lowest BCUT2D eigenvalue weighted by atomic mass is 10.2. The summed E-state index contributed by atoms with van der Waals surface area (Å²) in [7, 11) is -4.16. The molecule has 7 nitrogen and oxygen atoms in total. The Morgan fingerprint density at radius 2 is 1.76 bits per heavy atom. The van der Waals surface area contributed by atoms with Crippen LogP contribution in [0.25, 0.3) is 5.69 Å². The molecule has 25 heavy (non-hydrogen) atoms. The maximum atomic E-state index is 12.7. The molecule has 3 rings (SSSR count). The Hall–Kier alpha value is -2.95. The summed E-state index contributed by atoms with van der Waals surface area (Å²) >= 11 is 0. The Morgan fingerprint density at radius 1 is 1.04 bits per heavy atom. The molecule has 0 aliphatic heterocycles. The number of alkyl halides is 3. The van der Waals surface area contributed by atoms with E-state index in [2.05, 4.69) is 20.2 Å². The Labute approximate surface area is 140 Å². The number of aromatic nitrogens is 4. The highest BCUT2D eigenvalue weighted by Crippen LogP contribution is 2.30. The van der Waals surface area contributed by atoms with E-state index in [1.807, 2.05) is 0 Å². The molecule has 3 aromatic rings. The van der Waals surface area contributed by atoms with Crippen LogP contribution in [0, 0.1) is 0 Å². The summed E-state index contributed by atoms with van der Waals surface area (Å²) < 4.78 is 66.3. The van der Waals surface area contributed by atoms with Crippen molar-refractivity contribution in [2.24, 2.45) is 0 Å². The number of benzene rings is 2. The van der Waals surface area contributed by atoms with Crippen molar-refractivity contribution in [2.45, 2.75) is 11.1 Å². The average molecular weight is 369 g/mol. The van der Waals surface area contributed by atoms with Crippen molar-refractivity contribution in [2.75, 3.05) is 4.72 Å². The van der Waals surface area contributed by atoms with Crippen molar-refractivity contribution in [3.8, 4) is 5.69 Å². The maximum absolute atomic E-state index is 12.7. The number of tetrazole rings is 1. The molecule has 1 aromatic heterocycles. The molecule has 0 spiro atoms. The van der Waals surface area contributed by atoms with E-state index in [0.29, 0.717) is 11.8 Å². The quantitative estimate of drug-likeness (QED) is 0.763. The monoisotopic (exact) mass is 369 g/mol. The minimum atomic E-state index is -4.63. The fraction of sp³-hybridized carbons (Fsp3) is 0.0714. The third kappa shape index (κ3) is 3.76. The smallest absolute Gasteiger partial charge is 0.280 e. The molecule has 0 unspecified atom stereocenters. The number of halogens is 3. The molecule has 0 aliphatic rings. The van der Waals surface area contributed by atoms with Crippen LogP contribution in [0.15, 0.2) is 59.8 Å². The van der Waals surface area contributed by atoms with E-state index in [1.54, 1.807) is 12.1 Å².